The van der Waals surface area contributed by atoms with Gasteiger partial charge in [0.25, 0.3) is 5.69 Å². The number of nitro groups is 1. The maximum atomic E-state index is 11.1. The van der Waals surface area contributed by atoms with Gasteiger partial charge in [0.05, 0.1) is 34.8 Å². The first-order chi connectivity index (χ1) is 9.99. The van der Waals surface area contributed by atoms with Crippen molar-refractivity contribution in [3.05, 3.63) is 32.8 Å². The zero-order chi connectivity index (χ0) is 15.8. The largest absolute Gasteiger partial charge is 0.492 e. The van der Waals surface area contributed by atoms with Crippen LogP contribution in [0.4, 0.5) is 5.69 Å². The zero-order valence-electron chi connectivity index (χ0n) is 11.3. The minimum Gasteiger partial charge on any atom is -0.492 e. The van der Waals surface area contributed by atoms with Gasteiger partial charge in [-0.3, -0.25) is 19.7 Å². The summed E-state index contributed by atoms with van der Waals surface area (Å²) < 4.78 is 10.0. The number of esters is 1. The molecule has 1 aromatic rings. The topological polar surface area (TPSA) is 95.7 Å². The molecule has 0 fully saturated rings. The normalized spacial score (nSPS) is 10.0. The van der Waals surface area contributed by atoms with Crippen molar-refractivity contribution in [2.45, 2.75) is 19.8 Å². The molecule has 0 aromatic heterocycles. The van der Waals surface area contributed by atoms with E-state index in [1.807, 2.05) is 0 Å². The van der Waals surface area contributed by atoms with Gasteiger partial charge in [-0.15, -0.1) is 0 Å². The first kappa shape index (κ1) is 16.9. The van der Waals surface area contributed by atoms with Crippen molar-refractivity contribution in [2.75, 3.05) is 13.2 Å². The molecule has 0 radical (unpaired) electrons. The summed E-state index contributed by atoms with van der Waals surface area (Å²) in [6, 6.07) is 2.27. The van der Waals surface area contributed by atoms with Crippen LogP contribution in [0.25, 0.3) is 0 Å². The van der Waals surface area contributed by atoms with Crippen molar-refractivity contribution in [1.82, 2.24) is 0 Å². The van der Waals surface area contributed by atoms with E-state index in [4.69, 9.17) is 21.1 Å². The standard InChI is InChI=1S/C13H14ClNO6/c1-2-20-13(17)4-3-5-21-12-7-11(15(18)19)9(8-16)6-10(12)14/h6-8H,2-5H2,1H3. The average Bonchev–Trinajstić information content (AvgIpc) is 2.44. The second kappa shape index (κ2) is 8.21. The number of nitro benzene ring substituents is 1. The molecule has 0 aliphatic rings. The smallest absolute Gasteiger partial charge is 0.305 e. The fourth-order valence-electron chi connectivity index (χ4n) is 1.55. The maximum absolute atomic E-state index is 11.1. The number of halogens is 1. The summed E-state index contributed by atoms with van der Waals surface area (Å²) >= 11 is 5.88. The highest BCUT2D eigenvalue weighted by molar-refractivity contribution is 6.32. The molecule has 0 N–H and O–H groups in total. The van der Waals surface area contributed by atoms with Crippen LogP contribution in [0.2, 0.25) is 5.02 Å². The number of carbonyl (C=O) groups is 2. The van der Waals surface area contributed by atoms with Crippen LogP contribution in [0.3, 0.4) is 0 Å². The summed E-state index contributed by atoms with van der Waals surface area (Å²) in [6.45, 7) is 2.17. The van der Waals surface area contributed by atoms with Gasteiger partial charge in [0.1, 0.15) is 5.75 Å². The Labute approximate surface area is 125 Å². The van der Waals surface area contributed by atoms with Crippen LogP contribution < -0.4 is 4.74 Å². The summed E-state index contributed by atoms with van der Waals surface area (Å²) in [5, 5.41) is 10.9. The molecule has 0 bridgehead atoms. The molecule has 21 heavy (non-hydrogen) atoms. The van der Waals surface area contributed by atoms with Crippen LogP contribution in [0.1, 0.15) is 30.1 Å². The first-order valence-electron chi connectivity index (χ1n) is 6.21. The summed E-state index contributed by atoms with van der Waals surface area (Å²) in [5.74, 6) is -0.243. The number of benzene rings is 1. The van der Waals surface area contributed by atoms with Gasteiger partial charge in [0.15, 0.2) is 6.29 Å². The monoisotopic (exact) mass is 315 g/mol. The number of nitrogens with zero attached hydrogens (tertiary/aromatic N) is 1. The van der Waals surface area contributed by atoms with Gasteiger partial charge < -0.3 is 9.47 Å². The lowest BCUT2D eigenvalue weighted by atomic mass is 10.2. The first-order valence-corrected chi connectivity index (χ1v) is 6.59. The molecule has 0 spiro atoms. The number of hydrogen-bond acceptors (Lipinski definition) is 6. The maximum Gasteiger partial charge on any atom is 0.305 e. The third kappa shape index (κ3) is 5.03. The quantitative estimate of drug-likeness (QED) is 0.240. The van der Waals surface area contributed by atoms with Gasteiger partial charge in [-0.05, 0) is 19.4 Å². The van der Waals surface area contributed by atoms with Crippen molar-refractivity contribution in [3.8, 4) is 5.75 Å². The van der Waals surface area contributed by atoms with Crippen LogP contribution in [0.5, 0.6) is 5.75 Å². The summed E-state index contributed by atoms with van der Waals surface area (Å²) in [7, 11) is 0. The molecule has 0 heterocycles. The van der Waals surface area contributed by atoms with Crippen molar-refractivity contribution in [1.29, 1.82) is 0 Å². The molecule has 0 amide bonds. The van der Waals surface area contributed by atoms with E-state index in [0.717, 1.165) is 6.07 Å². The second-order valence-electron chi connectivity index (χ2n) is 3.97. The SMILES string of the molecule is CCOC(=O)CCCOc1cc([N+](=O)[O-])c(C=O)cc1Cl. The van der Waals surface area contributed by atoms with Crippen molar-refractivity contribution in [3.63, 3.8) is 0 Å². The van der Waals surface area contributed by atoms with E-state index in [2.05, 4.69) is 0 Å². The minimum absolute atomic E-state index is 0.0952. The summed E-state index contributed by atoms with van der Waals surface area (Å²) in [6.07, 6.45) is 0.924. The second-order valence-corrected chi connectivity index (χ2v) is 4.38. The van der Waals surface area contributed by atoms with Gasteiger partial charge in [0.2, 0.25) is 0 Å². The van der Waals surface area contributed by atoms with E-state index in [9.17, 15) is 19.7 Å². The molecule has 1 rings (SSSR count). The highest BCUT2D eigenvalue weighted by Crippen LogP contribution is 2.31. The van der Waals surface area contributed by atoms with Crippen LogP contribution in [-0.2, 0) is 9.53 Å². The fraction of sp³-hybridized carbons (Fsp3) is 0.385. The Kier molecular flexibility index (Phi) is 6.61. The number of hydrogen-bond donors (Lipinski definition) is 0. The van der Waals surface area contributed by atoms with E-state index in [-0.39, 0.29) is 41.0 Å². The molecular weight excluding hydrogens is 302 g/mol. The highest BCUT2D eigenvalue weighted by Gasteiger charge is 2.18. The molecule has 114 valence electrons. The van der Waals surface area contributed by atoms with Crippen molar-refractivity contribution in [2.24, 2.45) is 0 Å². The van der Waals surface area contributed by atoms with Crippen LogP contribution in [0.15, 0.2) is 12.1 Å². The van der Waals surface area contributed by atoms with Crippen molar-refractivity contribution >= 4 is 29.5 Å². The Morgan fingerprint density at radius 3 is 2.76 bits per heavy atom. The molecule has 1 aromatic carbocycles. The minimum atomic E-state index is -0.689. The molecule has 0 aliphatic carbocycles. The Bertz CT molecular complexity index is 546. The van der Waals surface area contributed by atoms with E-state index < -0.39 is 4.92 Å². The Hall–Kier alpha value is -2.15. The number of aldehydes is 1. The Morgan fingerprint density at radius 1 is 1.48 bits per heavy atom. The van der Waals surface area contributed by atoms with Crippen molar-refractivity contribution < 1.29 is 24.0 Å². The fourth-order valence-corrected chi connectivity index (χ4v) is 1.78. The molecule has 0 atom stereocenters. The van der Waals surface area contributed by atoms with E-state index >= 15 is 0 Å². The Balaban J connectivity index is 2.67. The lowest BCUT2D eigenvalue weighted by molar-refractivity contribution is -0.385. The zero-order valence-corrected chi connectivity index (χ0v) is 12.1. The predicted octanol–water partition coefficient (Wildman–Crippen LogP) is 2.78. The van der Waals surface area contributed by atoms with E-state index in [1.54, 1.807) is 6.92 Å². The van der Waals surface area contributed by atoms with E-state index in [1.165, 1.54) is 6.07 Å². The third-order valence-electron chi connectivity index (χ3n) is 2.49. The lowest BCUT2D eigenvalue weighted by Gasteiger charge is -2.08. The lowest BCUT2D eigenvalue weighted by Crippen LogP contribution is -2.07. The molecule has 0 saturated carbocycles. The van der Waals surface area contributed by atoms with Gasteiger partial charge in [-0.1, -0.05) is 11.6 Å². The Morgan fingerprint density at radius 2 is 2.19 bits per heavy atom. The predicted molar refractivity (Wildman–Crippen MR) is 74.9 cm³/mol. The number of carbonyl (C=O) groups excluding carboxylic acids is 2. The van der Waals surface area contributed by atoms with Gasteiger partial charge in [-0.2, -0.15) is 0 Å². The van der Waals surface area contributed by atoms with Crippen LogP contribution in [-0.4, -0.2) is 30.4 Å². The van der Waals surface area contributed by atoms with Crippen LogP contribution >= 0.6 is 11.6 Å². The molecule has 0 aliphatic heterocycles. The third-order valence-corrected chi connectivity index (χ3v) is 2.79. The number of ether oxygens (including phenoxy) is 2. The van der Waals surface area contributed by atoms with Gasteiger partial charge in [0, 0.05) is 6.42 Å². The average molecular weight is 316 g/mol. The summed E-state index contributed by atoms with van der Waals surface area (Å²) in [5.41, 5.74) is -0.501. The molecule has 8 heteroatoms. The van der Waals surface area contributed by atoms with Gasteiger partial charge >= 0.3 is 5.97 Å². The molecule has 0 saturated heterocycles. The molecular formula is C13H14ClNO6. The number of rotatable bonds is 8. The van der Waals surface area contributed by atoms with E-state index in [0.29, 0.717) is 19.3 Å². The molecule has 7 nitrogen and oxygen atoms in total. The summed E-state index contributed by atoms with van der Waals surface area (Å²) in [4.78, 5) is 32.0. The van der Waals surface area contributed by atoms with Crippen LogP contribution in [0, 0.1) is 10.1 Å². The molecule has 0 unspecified atom stereocenters. The highest BCUT2D eigenvalue weighted by atomic mass is 35.5. The van der Waals surface area contributed by atoms with Gasteiger partial charge in [-0.25, -0.2) is 0 Å².